The van der Waals surface area contributed by atoms with Gasteiger partial charge < -0.3 is 4.74 Å². The number of fused-ring (bicyclic) bond motifs is 1. The van der Waals surface area contributed by atoms with Gasteiger partial charge in [-0.05, 0) is 31.1 Å². The summed E-state index contributed by atoms with van der Waals surface area (Å²) in [6.07, 6.45) is 3.19. The maximum Gasteiger partial charge on any atom is 0.0950 e. The van der Waals surface area contributed by atoms with Gasteiger partial charge in [-0.1, -0.05) is 20.8 Å². The van der Waals surface area contributed by atoms with E-state index < -0.39 is 0 Å². The maximum absolute atomic E-state index is 5.71. The quantitative estimate of drug-likeness (QED) is 0.489. The van der Waals surface area contributed by atoms with E-state index in [2.05, 4.69) is 27.7 Å². The molecule has 0 bridgehead atoms. The van der Waals surface area contributed by atoms with Crippen LogP contribution in [0.15, 0.2) is 0 Å². The third-order valence-corrected chi connectivity index (χ3v) is 4.06. The van der Waals surface area contributed by atoms with Gasteiger partial charge in [-0.2, -0.15) is 0 Å². The molecule has 0 radical (unpaired) electrons. The van der Waals surface area contributed by atoms with E-state index in [9.17, 15) is 0 Å². The van der Waals surface area contributed by atoms with Crippen molar-refractivity contribution in [2.24, 2.45) is 11.3 Å². The number of epoxide rings is 1. The van der Waals surface area contributed by atoms with Crippen LogP contribution in [0.4, 0.5) is 0 Å². The van der Waals surface area contributed by atoms with Crippen LogP contribution < -0.4 is 0 Å². The largest absolute Gasteiger partial charge is 0.366 e. The molecular formula is C10H18O. The Morgan fingerprint density at radius 1 is 1.27 bits per heavy atom. The standard InChI is InChI=1S/C10H18O/c1-7-9(2,3)6-5-8-10(7,4)11-8/h7-8H,5-6H2,1-4H3. The Kier molecular flexibility index (Phi) is 1.26. The molecule has 1 heteroatoms. The zero-order chi connectivity index (χ0) is 8.28. The first-order valence-corrected chi connectivity index (χ1v) is 4.65. The topological polar surface area (TPSA) is 12.5 Å². The van der Waals surface area contributed by atoms with Gasteiger partial charge in [-0.15, -0.1) is 0 Å². The predicted molar refractivity (Wildman–Crippen MR) is 45.5 cm³/mol. The zero-order valence-corrected chi connectivity index (χ0v) is 7.98. The van der Waals surface area contributed by atoms with Crippen LogP contribution in [0.5, 0.6) is 0 Å². The van der Waals surface area contributed by atoms with Gasteiger partial charge in [-0.3, -0.25) is 0 Å². The number of ether oxygens (including phenoxy) is 1. The molecule has 0 spiro atoms. The second-order valence-corrected chi connectivity index (χ2v) is 5.04. The van der Waals surface area contributed by atoms with Crippen LogP contribution in [-0.2, 0) is 4.74 Å². The lowest BCUT2D eigenvalue weighted by Crippen LogP contribution is -2.38. The Labute approximate surface area is 69.1 Å². The van der Waals surface area contributed by atoms with Crippen molar-refractivity contribution in [3.05, 3.63) is 0 Å². The van der Waals surface area contributed by atoms with Gasteiger partial charge in [0.15, 0.2) is 0 Å². The van der Waals surface area contributed by atoms with Crippen LogP contribution >= 0.6 is 0 Å². The van der Waals surface area contributed by atoms with Gasteiger partial charge in [0.2, 0.25) is 0 Å². The average Bonchev–Trinajstić information content (AvgIpc) is 2.57. The Morgan fingerprint density at radius 2 is 1.91 bits per heavy atom. The Hall–Kier alpha value is -0.0400. The molecule has 0 aromatic carbocycles. The fourth-order valence-electron chi connectivity index (χ4n) is 2.49. The van der Waals surface area contributed by atoms with Crippen LogP contribution in [-0.4, -0.2) is 11.7 Å². The molecule has 1 saturated carbocycles. The molecule has 1 aliphatic heterocycles. The molecule has 2 rings (SSSR count). The molecule has 11 heavy (non-hydrogen) atoms. The van der Waals surface area contributed by atoms with Crippen molar-refractivity contribution in [1.82, 2.24) is 0 Å². The molecule has 1 heterocycles. The number of rotatable bonds is 0. The highest BCUT2D eigenvalue weighted by Gasteiger charge is 2.62. The van der Waals surface area contributed by atoms with Gasteiger partial charge in [0.1, 0.15) is 0 Å². The molecule has 0 aromatic heterocycles. The van der Waals surface area contributed by atoms with E-state index in [1.54, 1.807) is 0 Å². The summed E-state index contributed by atoms with van der Waals surface area (Å²) in [7, 11) is 0. The minimum absolute atomic E-state index is 0.238. The smallest absolute Gasteiger partial charge is 0.0950 e. The highest BCUT2D eigenvalue weighted by Crippen LogP contribution is 2.57. The molecule has 1 aliphatic carbocycles. The van der Waals surface area contributed by atoms with Crippen molar-refractivity contribution in [2.75, 3.05) is 0 Å². The van der Waals surface area contributed by atoms with Gasteiger partial charge in [0, 0.05) is 0 Å². The van der Waals surface area contributed by atoms with Crippen LogP contribution in [0.2, 0.25) is 0 Å². The molecule has 3 unspecified atom stereocenters. The first kappa shape index (κ1) is 7.60. The van der Waals surface area contributed by atoms with Gasteiger partial charge in [0.25, 0.3) is 0 Å². The first-order chi connectivity index (χ1) is 4.97. The first-order valence-electron chi connectivity index (χ1n) is 4.65. The highest BCUT2D eigenvalue weighted by atomic mass is 16.6. The van der Waals surface area contributed by atoms with Crippen molar-refractivity contribution < 1.29 is 4.74 Å². The normalized spacial score (nSPS) is 53.5. The van der Waals surface area contributed by atoms with Crippen molar-refractivity contribution in [3.8, 4) is 0 Å². The summed E-state index contributed by atoms with van der Waals surface area (Å²) in [4.78, 5) is 0. The summed E-state index contributed by atoms with van der Waals surface area (Å²) < 4.78 is 5.71. The lowest BCUT2D eigenvalue weighted by molar-refractivity contribution is 0.112. The minimum Gasteiger partial charge on any atom is -0.366 e. The van der Waals surface area contributed by atoms with Gasteiger partial charge in [0.05, 0.1) is 11.7 Å². The van der Waals surface area contributed by atoms with Crippen molar-refractivity contribution in [2.45, 2.75) is 52.2 Å². The van der Waals surface area contributed by atoms with E-state index in [0.29, 0.717) is 17.4 Å². The monoisotopic (exact) mass is 154 g/mol. The Balaban J connectivity index is 2.21. The molecule has 0 amide bonds. The fraction of sp³-hybridized carbons (Fsp3) is 1.00. The van der Waals surface area contributed by atoms with Crippen molar-refractivity contribution in [1.29, 1.82) is 0 Å². The summed E-state index contributed by atoms with van der Waals surface area (Å²) in [5.41, 5.74) is 0.726. The molecule has 3 atom stereocenters. The van der Waals surface area contributed by atoms with E-state index in [-0.39, 0.29) is 5.60 Å². The lowest BCUT2D eigenvalue weighted by Gasteiger charge is -2.38. The number of hydrogen-bond donors (Lipinski definition) is 0. The highest BCUT2D eigenvalue weighted by molar-refractivity contribution is 5.10. The summed E-state index contributed by atoms with van der Waals surface area (Å²) >= 11 is 0. The molecular weight excluding hydrogens is 136 g/mol. The van der Waals surface area contributed by atoms with Gasteiger partial charge in [-0.25, -0.2) is 0 Å². The second kappa shape index (κ2) is 1.82. The molecule has 64 valence electrons. The van der Waals surface area contributed by atoms with Crippen molar-refractivity contribution in [3.63, 3.8) is 0 Å². The molecule has 1 nitrogen and oxygen atoms in total. The summed E-state index contributed by atoms with van der Waals surface area (Å²) in [6.45, 7) is 9.32. The van der Waals surface area contributed by atoms with E-state index >= 15 is 0 Å². The average molecular weight is 154 g/mol. The molecule has 1 saturated heterocycles. The zero-order valence-electron chi connectivity index (χ0n) is 7.98. The lowest BCUT2D eigenvalue weighted by atomic mass is 9.65. The van der Waals surface area contributed by atoms with Gasteiger partial charge >= 0.3 is 0 Å². The van der Waals surface area contributed by atoms with Crippen LogP contribution in [0, 0.1) is 11.3 Å². The van der Waals surface area contributed by atoms with Crippen LogP contribution in [0.3, 0.4) is 0 Å². The molecule has 2 fully saturated rings. The third kappa shape index (κ3) is 0.868. The summed E-state index contributed by atoms with van der Waals surface area (Å²) in [5, 5.41) is 0. The minimum atomic E-state index is 0.238. The van der Waals surface area contributed by atoms with Crippen molar-refractivity contribution >= 4 is 0 Å². The fourth-order valence-corrected chi connectivity index (χ4v) is 2.49. The van der Waals surface area contributed by atoms with E-state index in [4.69, 9.17) is 4.74 Å². The number of hydrogen-bond acceptors (Lipinski definition) is 1. The third-order valence-electron chi connectivity index (χ3n) is 4.06. The Morgan fingerprint density at radius 3 is 2.45 bits per heavy atom. The Bertz CT molecular complexity index is 181. The van der Waals surface area contributed by atoms with Crippen LogP contribution in [0.1, 0.15) is 40.5 Å². The molecule has 0 aromatic rings. The van der Waals surface area contributed by atoms with Crippen LogP contribution in [0.25, 0.3) is 0 Å². The summed E-state index contributed by atoms with van der Waals surface area (Å²) in [6, 6.07) is 0. The summed E-state index contributed by atoms with van der Waals surface area (Å²) in [5.74, 6) is 0.716. The maximum atomic E-state index is 5.71. The molecule has 0 N–H and O–H groups in total. The predicted octanol–water partition coefficient (Wildman–Crippen LogP) is 2.60. The van der Waals surface area contributed by atoms with E-state index in [1.807, 2.05) is 0 Å². The van der Waals surface area contributed by atoms with E-state index in [0.717, 1.165) is 0 Å². The van der Waals surface area contributed by atoms with E-state index in [1.165, 1.54) is 12.8 Å². The second-order valence-electron chi connectivity index (χ2n) is 5.04. The SMILES string of the molecule is CC1C(C)(C)CCC2OC21C. The molecule has 2 aliphatic rings.